The summed E-state index contributed by atoms with van der Waals surface area (Å²) in [4.78, 5) is 6.35. The molecule has 1 heterocycles. The molecule has 2 rings (SSSR count). The second-order valence-corrected chi connectivity index (χ2v) is 5.94. The molecule has 0 radical (unpaired) electrons. The molecule has 0 saturated carbocycles. The maximum atomic E-state index is 5.72. The van der Waals surface area contributed by atoms with Gasteiger partial charge in [-0.15, -0.1) is 0 Å². The topological polar surface area (TPSA) is 51.4 Å². The number of nitrogen functional groups attached to an aromatic ring is 1. The third kappa shape index (κ3) is 5.04. The van der Waals surface area contributed by atoms with Crippen molar-refractivity contribution in [2.45, 2.75) is 19.9 Å². The Kier molecular flexibility index (Phi) is 5.78. The van der Waals surface area contributed by atoms with Crippen molar-refractivity contribution in [1.82, 2.24) is 9.88 Å². The zero-order valence-corrected chi connectivity index (χ0v) is 13.6. The van der Waals surface area contributed by atoms with Crippen molar-refractivity contribution >= 4 is 5.82 Å². The highest BCUT2D eigenvalue weighted by atomic mass is 16.5. The Balaban J connectivity index is 1.83. The van der Waals surface area contributed by atoms with Crippen LogP contribution in [0.15, 0.2) is 42.6 Å². The van der Waals surface area contributed by atoms with Crippen molar-refractivity contribution < 1.29 is 4.74 Å². The Morgan fingerprint density at radius 2 is 1.91 bits per heavy atom. The summed E-state index contributed by atoms with van der Waals surface area (Å²) in [6, 6.07) is 12.3. The van der Waals surface area contributed by atoms with Crippen molar-refractivity contribution in [3.8, 4) is 5.75 Å². The van der Waals surface area contributed by atoms with Gasteiger partial charge >= 0.3 is 0 Å². The van der Waals surface area contributed by atoms with Crippen LogP contribution < -0.4 is 10.5 Å². The van der Waals surface area contributed by atoms with Gasteiger partial charge in [-0.25, -0.2) is 4.98 Å². The molecule has 0 fully saturated rings. The van der Waals surface area contributed by atoms with Crippen molar-refractivity contribution in [2.24, 2.45) is 5.92 Å². The van der Waals surface area contributed by atoms with E-state index in [1.165, 1.54) is 11.1 Å². The molecule has 0 aliphatic heterocycles. The van der Waals surface area contributed by atoms with Gasteiger partial charge in [-0.05, 0) is 54.8 Å². The minimum Gasteiger partial charge on any atom is -0.497 e. The Morgan fingerprint density at radius 3 is 2.55 bits per heavy atom. The van der Waals surface area contributed by atoms with Crippen LogP contribution in [0.5, 0.6) is 5.75 Å². The van der Waals surface area contributed by atoms with E-state index >= 15 is 0 Å². The van der Waals surface area contributed by atoms with E-state index in [-0.39, 0.29) is 0 Å². The molecule has 4 heteroatoms. The average molecular weight is 299 g/mol. The molecule has 0 aliphatic carbocycles. The first-order chi connectivity index (χ1) is 10.6. The van der Waals surface area contributed by atoms with Crippen LogP contribution in [0.1, 0.15) is 18.1 Å². The van der Waals surface area contributed by atoms with E-state index < -0.39 is 0 Å². The molecule has 1 atom stereocenters. The number of nitrogens with zero attached hydrogens (tertiary/aromatic N) is 2. The van der Waals surface area contributed by atoms with Gasteiger partial charge in [0.25, 0.3) is 0 Å². The van der Waals surface area contributed by atoms with E-state index in [0.717, 1.165) is 25.3 Å². The maximum Gasteiger partial charge on any atom is 0.123 e. The summed E-state index contributed by atoms with van der Waals surface area (Å²) < 4.78 is 5.19. The van der Waals surface area contributed by atoms with E-state index in [9.17, 15) is 0 Å². The smallest absolute Gasteiger partial charge is 0.123 e. The Hall–Kier alpha value is -2.07. The molecule has 0 spiro atoms. The van der Waals surface area contributed by atoms with E-state index in [2.05, 4.69) is 36.0 Å². The standard InChI is InChI=1S/C18H25N3O/c1-14(10-15-4-6-17(22-3)7-5-15)12-21(2)13-16-8-9-20-18(19)11-16/h4-9,11,14H,10,12-13H2,1-3H3,(H2,19,20)/t14-/m1/s1. The van der Waals surface area contributed by atoms with Crippen LogP contribution >= 0.6 is 0 Å². The Morgan fingerprint density at radius 1 is 1.18 bits per heavy atom. The number of pyridine rings is 1. The van der Waals surface area contributed by atoms with Crippen LogP contribution in [-0.2, 0) is 13.0 Å². The molecule has 0 unspecified atom stereocenters. The van der Waals surface area contributed by atoms with E-state index in [4.69, 9.17) is 10.5 Å². The lowest BCUT2D eigenvalue weighted by Gasteiger charge is -2.21. The molecule has 1 aromatic heterocycles. The molecule has 0 amide bonds. The van der Waals surface area contributed by atoms with Gasteiger partial charge in [0.05, 0.1) is 7.11 Å². The number of methoxy groups -OCH3 is 1. The molecule has 2 aromatic rings. The highest BCUT2D eigenvalue weighted by Crippen LogP contribution is 2.16. The number of hydrogen-bond acceptors (Lipinski definition) is 4. The number of ether oxygens (including phenoxy) is 1. The number of nitrogens with two attached hydrogens (primary N) is 1. The average Bonchev–Trinajstić information content (AvgIpc) is 2.47. The van der Waals surface area contributed by atoms with Crippen molar-refractivity contribution in [1.29, 1.82) is 0 Å². The normalized spacial score (nSPS) is 12.4. The van der Waals surface area contributed by atoms with Crippen LogP contribution in [0, 0.1) is 5.92 Å². The molecular formula is C18H25N3O. The van der Waals surface area contributed by atoms with Crippen molar-refractivity contribution in [3.63, 3.8) is 0 Å². The van der Waals surface area contributed by atoms with Gasteiger partial charge in [0.1, 0.15) is 11.6 Å². The van der Waals surface area contributed by atoms with Crippen LogP contribution in [0.4, 0.5) is 5.82 Å². The zero-order valence-electron chi connectivity index (χ0n) is 13.6. The molecular weight excluding hydrogens is 274 g/mol. The zero-order chi connectivity index (χ0) is 15.9. The fourth-order valence-corrected chi connectivity index (χ4v) is 2.73. The first-order valence-electron chi connectivity index (χ1n) is 7.58. The maximum absolute atomic E-state index is 5.72. The number of rotatable bonds is 7. The summed E-state index contributed by atoms with van der Waals surface area (Å²) in [5.41, 5.74) is 8.26. The summed E-state index contributed by atoms with van der Waals surface area (Å²) in [7, 11) is 3.83. The number of benzene rings is 1. The lowest BCUT2D eigenvalue weighted by Crippen LogP contribution is -2.25. The SMILES string of the molecule is COc1ccc(C[C@@H](C)CN(C)Cc2ccnc(N)c2)cc1. The third-order valence-corrected chi connectivity index (χ3v) is 3.66. The second-order valence-electron chi connectivity index (χ2n) is 5.94. The summed E-state index contributed by atoms with van der Waals surface area (Å²) in [6.07, 6.45) is 2.83. The predicted octanol–water partition coefficient (Wildman–Crippen LogP) is 2.98. The van der Waals surface area contributed by atoms with Gasteiger partial charge in [0.2, 0.25) is 0 Å². The first-order valence-corrected chi connectivity index (χ1v) is 7.58. The van der Waals surface area contributed by atoms with Gasteiger partial charge in [-0.1, -0.05) is 19.1 Å². The van der Waals surface area contributed by atoms with Crippen LogP contribution in [-0.4, -0.2) is 30.6 Å². The molecule has 2 N–H and O–H groups in total. The monoisotopic (exact) mass is 299 g/mol. The summed E-state index contributed by atoms with van der Waals surface area (Å²) in [5, 5.41) is 0. The molecule has 118 valence electrons. The molecule has 0 bridgehead atoms. The third-order valence-electron chi connectivity index (χ3n) is 3.66. The summed E-state index contributed by atoms with van der Waals surface area (Å²) in [5.74, 6) is 2.07. The first kappa shape index (κ1) is 16.3. The Labute approximate surface area is 132 Å². The molecule has 0 aliphatic rings. The van der Waals surface area contributed by atoms with Gasteiger partial charge < -0.3 is 15.4 Å². The van der Waals surface area contributed by atoms with Crippen LogP contribution in [0.2, 0.25) is 0 Å². The predicted molar refractivity (Wildman–Crippen MR) is 90.8 cm³/mol. The number of anilines is 1. The highest BCUT2D eigenvalue weighted by molar-refractivity contribution is 5.31. The number of aromatic nitrogens is 1. The largest absolute Gasteiger partial charge is 0.497 e. The lowest BCUT2D eigenvalue weighted by molar-refractivity contribution is 0.278. The minimum absolute atomic E-state index is 0.581. The quantitative estimate of drug-likeness (QED) is 0.854. The minimum atomic E-state index is 0.581. The fraction of sp³-hybridized carbons (Fsp3) is 0.389. The van der Waals surface area contributed by atoms with Gasteiger partial charge in [-0.3, -0.25) is 0 Å². The highest BCUT2D eigenvalue weighted by Gasteiger charge is 2.09. The van der Waals surface area contributed by atoms with Gasteiger partial charge in [0.15, 0.2) is 0 Å². The number of hydrogen-bond donors (Lipinski definition) is 1. The lowest BCUT2D eigenvalue weighted by atomic mass is 10.0. The van der Waals surface area contributed by atoms with Gasteiger partial charge in [-0.2, -0.15) is 0 Å². The molecule has 4 nitrogen and oxygen atoms in total. The second kappa shape index (κ2) is 7.80. The van der Waals surface area contributed by atoms with E-state index in [1.54, 1.807) is 13.3 Å². The van der Waals surface area contributed by atoms with Gasteiger partial charge in [0, 0.05) is 19.3 Å². The summed E-state index contributed by atoms with van der Waals surface area (Å²) >= 11 is 0. The van der Waals surface area contributed by atoms with Crippen molar-refractivity contribution in [2.75, 3.05) is 26.4 Å². The molecule has 22 heavy (non-hydrogen) atoms. The molecule has 1 aromatic carbocycles. The fourth-order valence-electron chi connectivity index (χ4n) is 2.73. The van der Waals surface area contributed by atoms with E-state index in [1.807, 2.05) is 24.3 Å². The summed E-state index contributed by atoms with van der Waals surface area (Å²) in [6.45, 7) is 4.20. The Bertz CT molecular complexity index is 583. The van der Waals surface area contributed by atoms with Crippen molar-refractivity contribution in [3.05, 3.63) is 53.7 Å². The van der Waals surface area contributed by atoms with Crippen LogP contribution in [0.3, 0.4) is 0 Å². The van der Waals surface area contributed by atoms with E-state index in [0.29, 0.717) is 11.7 Å². The molecule has 0 saturated heterocycles. The van der Waals surface area contributed by atoms with Crippen LogP contribution in [0.25, 0.3) is 0 Å².